The van der Waals surface area contributed by atoms with Gasteiger partial charge in [-0.3, -0.25) is 4.79 Å². The zero-order valence-electron chi connectivity index (χ0n) is 12.4. The Morgan fingerprint density at radius 1 is 0.789 bits per heavy atom. The summed E-state index contributed by atoms with van der Waals surface area (Å²) in [6.07, 6.45) is 14.4. The van der Waals surface area contributed by atoms with Crippen LogP contribution in [0.3, 0.4) is 0 Å². The summed E-state index contributed by atoms with van der Waals surface area (Å²) in [5.41, 5.74) is 0. The molecule has 0 aliphatic rings. The van der Waals surface area contributed by atoms with Gasteiger partial charge < -0.3 is 5.11 Å². The predicted octanol–water partition coefficient (Wildman–Crippen LogP) is 4.76. The normalized spacial score (nSPS) is 10.5. The van der Waals surface area contributed by atoms with Crippen molar-refractivity contribution in [2.24, 2.45) is 5.92 Å². The van der Waals surface area contributed by atoms with Crippen LogP contribution in [0.2, 0.25) is 0 Å². The van der Waals surface area contributed by atoms with Crippen molar-refractivity contribution in [2.75, 3.05) is 0 Å². The van der Waals surface area contributed by atoms with E-state index in [0.717, 1.165) is 18.8 Å². The van der Waals surface area contributed by atoms with Gasteiger partial charge >= 0.3 is 35.5 Å². The van der Waals surface area contributed by atoms with Gasteiger partial charge in [-0.2, -0.15) is 0 Å². The molecule has 3 heteroatoms. The monoisotopic (exact) mass is 280 g/mol. The fourth-order valence-corrected chi connectivity index (χ4v) is 2.24. The molecule has 0 aliphatic carbocycles. The van der Waals surface area contributed by atoms with Crippen LogP contribution in [-0.2, 0) is 4.79 Å². The Morgan fingerprint density at radius 2 is 1.16 bits per heavy atom. The molecule has 0 aromatic rings. The van der Waals surface area contributed by atoms with E-state index < -0.39 is 5.97 Å². The summed E-state index contributed by atoms with van der Waals surface area (Å²) in [5, 5.41) is 8.49. The van der Waals surface area contributed by atoms with Gasteiger partial charge in [0.2, 0.25) is 0 Å². The van der Waals surface area contributed by atoms with E-state index in [9.17, 15) is 4.79 Å². The van der Waals surface area contributed by atoms with Gasteiger partial charge in [-0.1, -0.05) is 78.1 Å². The van der Waals surface area contributed by atoms with Crippen LogP contribution >= 0.6 is 0 Å². The molecule has 0 aromatic carbocycles. The molecule has 0 aliphatic heterocycles. The second kappa shape index (κ2) is 16.5. The molecule has 0 saturated carbocycles. The van der Waals surface area contributed by atoms with Crippen LogP contribution in [-0.4, -0.2) is 40.6 Å². The number of carbonyl (C=O) groups is 1. The molecule has 1 N–H and O–H groups in total. The van der Waals surface area contributed by atoms with Gasteiger partial charge in [-0.25, -0.2) is 0 Å². The van der Waals surface area contributed by atoms with Gasteiger partial charge in [0.1, 0.15) is 0 Å². The van der Waals surface area contributed by atoms with Crippen LogP contribution in [0.1, 0.15) is 90.9 Å². The van der Waals surface area contributed by atoms with E-state index in [0.29, 0.717) is 6.42 Å². The molecule has 0 spiro atoms. The Morgan fingerprint density at radius 3 is 1.53 bits per heavy atom. The summed E-state index contributed by atoms with van der Waals surface area (Å²) >= 11 is 0. The van der Waals surface area contributed by atoms with Gasteiger partial charge in [0.15, 0.2) is 0 Å². The number of hydrogen-bond donors (Lipinski definition) is 1. The van der Waals surface area contributed by atoms with E-state index in [1.165, 1.54) is 57.8 Å². The predicted molar refractivity (Wildman–Crippen MR) is 85.0 cm³/mol. The molecule has 0 saturated heterocycles. The fraction of sp³-hybridized carbons (Fsp3) is 0.938. The molecule has 2 nitrogen and oxygen atoms in total. The maximum atomic E-state index is 10.3. The average Bonchev–Trinajstić information content (AvgIpc) is 2.29. The number of carboxylic acid groups (broad SMARTS) is 1. The van der Waals surface area contributed by atoms with Crippen molar-refractivity contribution in [3.63, 3.8) is 0 Å². The Labute approximate surface area is 142 Å². The Kier molecular flexibility index (Phi) is 18.9. The summed E-state index contributed by atoms with van der Waals surface area (Å²) in [7, 11) is 0. The van der Waals surface area contributed by atoms with Gasteiger partial charge in [-0.15, -0.1) is 0 Å². The van der Waals surface area contributed by atoms with Crippen LogP contribution in [0.5, 0.6) is 0 Å². The molecule has 19 heavy (non-hydrogen) atoms. The van der Waals surface area contributed by atoms with E-state index in [4.69, 9.17) is 5.11 Å². The van der Waals surface area contributed by atoms with Crippen molar-refractivity contribution in [2.45, 2.75) is 90.9 Å². The van der Waals surface area contributed by atoms with Crippen molar-refractivity contribution in [1.29, 1.82) is 0 Å². The van der Waals surface area contributed by atoms with Crippen molar-refractivity contribution < 1.29 is 9.90 Å². The number of carboxylic acids is 1. The molecule has 0 unspecified atom stereocenters. The Bertz CT molecular complexity index is 193. The first kappa shape index (κ1) is 21.8. The number of aliphatic carboxylic acids is 1. The third kappa shape index (κ3) is 20.9. The molecule has 0 bridgehead atoms. The van der Waals surface area contributed by atoms with E-state index in [1.54, 1.807) is 0 Å². The molecule has 0 atom stereocenters. The standard InChI is InChI=1S/C16H32O2.Na.H/c1-15(2)13-11-9-7-5-3-4-6-8-10-12-14-16(17)18;;/h15H,3-14H2,1-2H3,(H,17,18);;. The van der Waals surface area contributed by atoms with Crippen molar-refractivity contribution >= 4 is 35.5 Å². The van der Waals surface area contributed by atoms with Crippen molar-refractivity contribution in [1.82, 2.24) is 0 Å². The van der Waals surface area contributed by atoms with Crippen molar-refractivity contribution in [3.8, 4) is 0 Å². The average molecular weight is 280 g/mol. The maximum absolute atomic E-state index is 10.3. The first-order valence-corrected chi connectivity index (χ1v) is 7.84. The molecule has 0 radical (unpaired) electrons. The van der Waals surface area contributed by atoms with Crippen molar-refractivity contribution in [3.05, 3.63) is 0 Å². The first-order valence-electron chi connectivity index (χ1n) is 7.84. The first-order chi connectivity index (χ1) is 8.63. The van der Waals surface area contributed by atoms with E-state index in [1.807, 2.05) is 0 Å². The second-order valence-corrected chi connectivity index (χ2v) is 5.86. The summed E-state index contributed by atoms with van der Waals surface area (Å²) in [6.45, 7) is 4.59. The molecule has 0 amide bonds. The minimum atomic E-state index is -0.656. The molecule has 0 aromatic heterocycles. The van der Waals surface area contributed by atoms with Gasteiger partial charge in [-0.05, 0) is 12.3 Å². The second-order valence-electron chi connectivity index (χ2n) is 5.86. The summed E-state index contributed by atoms with van der Waals surface area (Å²) in [4.78, 5) is 10.3. The van der Waals surface area contributed by atoms with Gasteiger partial charge in [0.25, 0.3) is 0 Å². The Balaban J connectivity index is 0. The molecular weight excluding hydrogens is 247 g/mol. The molecule has 0 fully saturated rings. The van der Waals surface area contributed by atoms with E-state index in [-0.39, 0.29) is 29.6 Å². The zero-order valence-corrected chi connectivity index (χ0v) is 12.4. The van der Waals surface area contributed by atoms with Crippen LogP contribution in [0.25, 0.3) is 0 Å². The third-order valence-corrected chi connectivity index (χ3v) is 3.42. The molecular formula is C16H33NaO2. The summed E-state index contributed by atoms with van der Waals surface area (Å²) in [5.74, 6) is 0.201. The third-order valence-electron chi connectivity index (χ3n) is 3.42. The summed E-state index contributed by atoms with van der Waals surface area (Å²) in [6, 6.07) is 0. The summed E-state index contributed by atoms with van der Waals surface area (Å²) < 4.78 is 0. The van der Waals surface area contributed by atoms with Gasteiger partial charge in [0.05, 0.1) is 0 Å². The number of unbranched alkanes of at least 4 members (excludes halogenated alkanes) is 9. The van der Waals surface area contributed by atoms with E-state index >= 15 is 0 Å². The topological polar surface area (TPSA) is 37.3 Å². The zero-order chi connectivity index (χ0) is 13.6. The number of hydrogen-bond acceptors (Lipinski definition) is 1. The number of rotatable bonds is 13. The molecule has 0 rings (SSSR count). The minimum absolute atomic E-state index is 0. The molecule has 110 valence electrons. The van der Waals surface area contributed by atoms with Gasteiger partial charge in [0, 0.05) is 6.42 Å². The molecule has 0 heterocycles. The van der Waals surface area contributed by atoms with Crippen LogP contribution in [0.15, 0.2) is 0 Å². The quantitative estimate of drug-likeness (QED) is 0.390. The van der Waals surface area contributed by atoms with Crippen LogP contribution in [0, 0.1) is 5.92 Å². The fourth-order valence-electron chi connectivity index (χ4n) is 2.24. The SMILES string of the molecule is CC(C)CCCCCCCCCCCCC(=O)O.[NaH]. The van der Waals surface area contributed by atoms with E-state index in [2.05, 4.69) is 13.8 Å². The Hall–Kier alpha value is 0.470. The van der Waals surface area contributed by atoms with Crippen LogP contribution in [0.4, 0.5) is 0 Å². The van der Waals surface area contributed by atoms with Crippen LogP contribution < -0.4 is 0 Å².